The first-order valence-electron chi connectivity index (χ1n) is 3.83. The fourth-order valence-electron chi connectivity index (χ4n) is 0.973. The fraction of sp³-hybridized carbons (Fsp3) is 1.00. The maximum absolute atomic E-state index is 11.6. The van der Waals surface area contributed by atoms with Crippen LogP contribution in [0.2, 0.25) is 0 Å². The molecule has 0 fully saturated rings. The molecule has 0 unspecified atom stereocenters. The molecular formula is C6H14N3OP. The van der Waals surface area contributed by atoms with Crippen LogP contribution in [0.3, 0.4) is 0 Å². The zero-order valence-corrected chi connectivity index (χ0v) is 7.92. The number of hydrogen-bond donors (Lipinski definition) is 0. The molecule has 0 heterocycles. The summed E-state index contributed by atoms with van der Waals surface area (Å²) in [5.74, 6) is 0. The van der Waals surface area contributed by atoms with E-state index >= 15 is 0 Å². The summed E-state index contributed by atoms with van der Waals surface area (Å²) in [4.78, 5) is 5.98. The molecule has 4 nitrogen and oxygen atoms in total. The van der Waals surface area contributed by atoms with Crippen LogP contribution in [0, 0.1) is 0 Å². The van der Waals surface area contributed by atoms with Crippen LogP contribution in [0.1, 0.15) is 26.7 Å². The summed E-state index contributed by atoms with van der Waals surface area (Å²) in [7, 11) is -2.51. The van der Waals surface area contributed by atoms with Crippen LogP contribution in [0.25, 0.3) is 10.4 Å². The van der Waals surface area contributed by atoms with E-state index in [-0.39, 0.29) is 0 Å². The van der Waals surface area contributed by atoms with Gasteiger partial charge in [0.2, 0.25) is 0 Å². The predicted octanol–water partition coefficient (Wildman–Crippen LogP) is 3.39. The monoisotopic (exact) mass is 175 g/mol. The number of azide groups is 1. The number of nitrogens with zero attached hydrogens (tertiary/aromatic N) is 3. The molecule has 0 aromatic rings. The molecule has 0 saturated carbocycles. The minimum atomic E-state index is -2.51. The molecule has 0 saturated heterocycles. The van der Waals surface area contributed by atoms with Crippen LogP contribution in [-0.2, 0) is 4.57 Å². The van der Waals surface area contributed by atoms with Crippen molar-refractivity contribution in [1.82, 2.24) is 0 Å². The van der Waals surface area contributed by atoms with Gasteiger partial charge in [-0.2, -0.15) is 0 Å². The number of hydrogen-bond acceptors (Lipinski definition) is 1. The highest BCUT2D eigenvalue weighted by atomic mass is 31.2. The van der Waals surface area contributed by atoms with Crippen molar-refractivity contribution in [2.45, 2.75) is 26.7 Å². The molecule has 0 amide bonds. The Morgan fingerprint density at radius 3 is 2.09 bits per heavy atom. The van der Waals surface area contributed by atoms with Crippen molar-refractivity contribution in [3.8, 4) is 0 Å². The molecule has 11 heavy (non-hydrogen) atoms. The Morgan fingerprint density at radius 2 is 1.82 bits per heavy atom. The lowest BCUT2D eigenvalue weighted by molar-refractivity contribution is 0.573. The Balaban J connectivity index is 4.25. The first-order valence-corrected chi connectivity index (χ1v) is 5.86. The van der Waals surface area contributed by atoms with E-state index in [0.29, 0.717) is 12.3 Å². The molecule has 64 valence electrons. The second-order valence-corrected chi connectivity index (χ2v) is 5.24. The Kier molecular flexibility index (Phi) is 5.01. The van der Waals surface area contributed by atoms with Gasteiger partial charge in [-0.15, -0.1) is 0 Å². The molecular weight excluding hydrogens is 161 g/mol. The van der Waals surface area contributed by atoms with E-state index in [0.717, 1.165) is 12.8 Å². The minimum absolute atomic E-state index is 0.547. The van der Waals surface area contributed by atoms with Gasteiger partial charge in [0.15, 0.2) is 7.29 Å². The second kappa shape index (κ2) is 5.22. The van der Waals surface area contributed by atoms with E-state index in [1.54, 1.807) is 0 Å². The SMILES string of the molecule is CCCP(=O)(CCC)N=[N+]=[N-]. The molecule has 5 heteroatoms. The van der Waals surface area contributed by atoms with Gasteiger partial charge >= 0.3 is 0 Å². The van der Waals surface area contributed by atoms with Gasteiger partial charge in [-0.3, -0.25) is 0 Å². The normalized spacial score (nSPS) is 10.7. The van der Waals surface area contributed by atoms with Gasteiger partial charge in [-0.25, -0.2) is 0 Å². The summed E-state index contributed by atoms with van der Waals surface area (Å²) in [5.41, 5.74) is 8.14. The summed E-state index contributed by atoms with van der Waals surface area (Å²) in [6, 6.07) is 0. The topological polar surface area (TPSA) is 65.8 Å². The standard InChI is InChI=1S/C6H14N3OP/c1-3-5-11(10,6-4-2)9-8-7/h3-6H2,1-2H3. The Morgan fingerprint density at radius 1 is 1.36 bits per heavy atom. The highest BCUT2D eigenvalue weighted by Crippen LogP contribution is 2.48. The lowest BCUT2D eigenvalue weighted by Crippen LogP contribution is -1.89. The van der Waals surface area contributed by atoms with Crippen molar-refractivity contribution in [3.05, 3.63) is 10.4 Å². The molecule has 0 aliphatic heterocycles. The van der Waals surface area contributed by atoms with Gasteiger partial charge in [0, 0.05) is 17.2 Å². The third-order valence-electron chi connectivity index (χ3n) is 1.35. The molecule has 0 aliphatic carbocycles. The van der Waals surface area contributed by atoms with Crippen LogP contribution < -0.4 is 0 Å². The van der Waals surface area contributed by atoms with E-state index in [9.17, 15) is 4.57 Å². The molecule has 0 atom stereocenters. The van der Waals surface area contributed by atoms with Crippen molar-refractivity contribution < 1.29 is 4.57 Å². The Labute approximate surface area is 67.0 Å². The summed E-state index contributed by atoms with van der Waals surface area (Å²) in [6.45, 7) is 3.88. The number of rotatable bonds is 5. The highest BCUT2D eigenvalue weighted by Gasteiger charge is 2.16. The highest BCUT2D eigenvalue weighted by molar-refractivity contribution is 7.62. The summed E-state index contributed by atoms with van der Waals surface area (Å²) >= 11 is 0. The smallest absolute Gasteiger partial charge is 0.173 e. The van der Waals surface area contributed by atoms with Crippen LogP contribution in [0.4, 0.5) is 0 Å². The van der Waals surface area contributed by atoms with E-state index < -0.39 is 7.29 Å². The van der Waals surface area contributed by atoms with E-state index in [1.807, 2.05) is 13.8 Å². The van der Waals surface area contributed by atoms with Crippen LogP contribution in [0.15, 0.2) is 4.88 Å². The maximum Gasteiger partial charge on any atom is 0.173 e. The summed E-state index contributed by atoms with van der Waals surface area (Å²) in [6.07, 6.45) is 2.72. The van der Waals surface area contributed by atoms with Gasteiger partial charge in [-0.1, -0.05) is 13.8 Å². The molecule has 0 N–H and O–H groups in total. The van der Waals surface area contributed by atoms with Gasteiger partial charge < -0.3 is 4.57 Å². The quantitative estimate of drug-likeness (QED) is 0.273. The van der Waals surface area contributed by atoms with Gasteiger partial charge in [0.05, 0.1) is 0 Å². The maximum atomic E-state index is 11.6. The van der Waals surface area contributed by atoms with Gasteiger partial charge in [-0.05, 0) is 23.3 Å². The van der Waals surface area contributed by atoms with Crippen molar-refractivity contribution >= 4 is 7.29 Å². The second-order valence-electron chi connectivity index (χ2n) is 2.47. The van der Waals surface area contributed by atoms with Gasteiger partial charge in [0.1, 0.15) is 0 Å². The largest absolute Gasteiger partial charge is 0.317 e. The summed E-state index contributed by atoms with van der Waals surface area (Å²) < 4.78 is 11.6. The Hall–Kier alpha value is -0.460. The molecule has 0 spiro atoms. The molecule has 0 rings (SSSR count). The van der Waals surface area contributed by atoms with Gasteiger partial charge in [0.25, 0.3) is 0 Å². The third-order valence-corrected chi connectivity index (χ3v) is 4.05. The zero-order chi connectivity index (χ0) is 8.74. The fourth-order valence-corrected chi connectivity index (χ4v) is 2.92. The lowest BCUT2D eigenvalue weighted by Gasteiger charge is -2.07. The van der Waals surface area contributed by atoms with Crippen molar-refractivity contribution in [1.29, 1.82) is 0 Å². The predicted molar refractivity (Wildman–Crippen MR) is 47.1 cm³/mol. The zero-order valence-electron chi connectivity index (χ0n) is 7.03. The first kappa shape index (κ1) is 10.5. The molecule has 0 radical (unpaired) electrons. The average Bonchev–Trinajstić information content (AvgIpc) is 1.88. The van der Waals surface area contributed by atoms with E-state index in [1.165, 1.54) is 0 Å². The molecule has 0 aromatic heterocycles. The van der Waals surface area contributed by atoms with E-state index in [2.05, 4.69) is 9.80 Å². The minimum Gasteiger partial charge on any atom is -0.317 e. The van der Waals surface area contributed by atoms with Crippen molar-refractivity contribution in [3.63, 3.8) is 0 Å². The third kappa shape index (κ3) is 4.07. The van der Waals surface area contributed by atoms with Crippen molar-refractivity contribution in [2.75, 3.05) is 12.3 Å². The van der Waals surface area contributed by atoms with E-state index in [4.69, 9.17) is 5.53 Å². The van der Waals surface area contributed by atoms with Crippen LogP contribution in [-0.4, -0.2) is 12.3 Å². The molecule has 0 bridgehead atoms. The van der Waals surface area contributed by atoms with Crippen molar-refractivity contribution in [2.24, 2.45) is 4.88 Å². The molecule has 0 aliphatic rings. The average molecular weight is 175 g/mol. The molecule has 0 aromatic carbocycles. The Bertz CT molecular complexity index is 188. The van der Waals surface area contributed by atoms with Crippen LogP contribution in [0.5, 0.6) is 0 Å². The summed E-state index contributed by atoms with van der Waals surface area (Å²) in [5, 5.41) is 0. The first-order chi connectivity index (χ1) is 5.18. The van der Waals surface area contributed by atoms with Crippen LogP contribution >= 0.6 is 7.29 Å². The lowest BCUT2D eigenvalue weighted by atomic mass is 10.6.